The van der Waals surface area contributed by atoms with Crippen molar-refractivity contribution in [1.29, 1.82) is 0 Å². The highest BCUT2D eigenvalue weighted by molar-refractivity contribution is 6.35. The Balaban J connectivity index is 2.00. The topological polar surface area (TPSA) is 64.4 Å². The Bertz CT molecular complexity index is 1140. The molecule has 4 rings (SSSR count). The molecule has 0 saturated carbocycles. The molecule has 1 aliphatic heterocycles. The van der Waals surface area contributed by atoms with Gasteiger partial charge >= 0.3 is 5.97 Å². The SMILES string of the molecule is CCCCN1C(=O)C(C(=O)OCC)C(c2ccc(Cl)cc2Cl)n2c1nc1ccccc12. The molecule has 2 atom stereocenters. The highest BCUT2D eigenvalue weighted by Gasteiger charge is 2.48. The number of unbranched alkanes of at least 4 members (excludes halogenated alkanes) is 1. The summed E-state index contributed by atoms with van der Waals surface area (Å²) in [7, 11) is 0. The average molecular weight is 460 g/mol. The first kappa shape index (κ1) is 21.7. The maximum absolute atomic E-state index is 13.7. The normalized spacial score (nSPS) is 18.3. The lowest BCUT2D eigenvalue weighted by molar-refractivity contribution is -0.153. The molecule has 2 heterocycles. The molecular formula is C23H23Cl2N3O3. The molecular weight excluding hydrogens is 437 g/mol. The summed E-state index contributed by atoms with van der Waals surface area (Å²) < 4.78 is 7.27. The summed E-state index contributed by atoms with van der Waals surface area (Å²) >= 11 is 12.7. The standard InChI is InChI=1S/C23H23Cl2N3O3/c1-3-5-12-27-21(29)19(22(30)31-4-2)20(15-11-10-14(24)13-16(15)25)28-18-9-7-6-8-17(18)26-23(27)28/h6-11,13,19-20H,3-5,12H2,1-2H3. The zero-order chi connectivity index (χ0) is 22.1. The van der Waals surface area contributed by atoms with Gasteiger partial charge in [0.05, 0.1) is 23.7 Å². The molecule has 31 heavy (non-hydrogen) atoms. The molecule has 162 valence electrons. The molecule has 2 aromatic carbocycles. The van der Waals surface area contributed by atoms with E-state index < -0.39 is 17.9 Å². The van der Waals surface area contributed by atoms with Crippen molar-refractivity contribution in [2.24, 2.45) is 5.92 Å². The summed E-state index contributed by atoms with van der Waals surface area (Å²) in [6, 6.07) is 12.0. The van der Waals surface area contributed by atoms with Crippen molar-refractivity contribution in [2.45, 2.75) is 32.7 Å². The van der Waals surface area contributed by atoms with E-state index >= 15 is 0 Å². The number of halogens is 2. The summed E-state index contributed by atoms with van der Waals surface area (Å²) in [4.78, 5) is 33.1. The van der Waals surface area contributed by atoms with E-state index in [4.69, 9.17) is 32.9 Å². The van der Waals surface area contributed by atoms with Crippen molar-refractivity contribution in [2.75, 3.05) is 18.1 Å². The number of benzene rings is 2. The number of fused-ring (bicyclic) bond motifs is 3. The van der Waals surface area contributed by atoms with E-state index in [1.165, 1.54) is 0 Å². The molecule has 6 nitrogen and oxygen atoms in total. The highest BCUT2D eigenvalue weighted by atomic mass is 35.5. The number of nitrogens with zero attached hydrogens (tertiary/aromatic N) is 3. The first-order chi connectivity index (χ1) is 15.0. The highest BCUT2D eigenvalue weighted by Crippen LogP contribution is 2.43. The van der Waals surface area contributed by atoms with E-state index in [0.29, 0.717) is 28.1 Å². The Kier molecular flexibility index (Phi) is 6.21. The third kappa shape index (κ3) is 3.79. The Morgan fingerprint density at radius 1 is 1.16 bits per heavy atom. The van der Waals surface area contributed by atoms with E-state index in [1.807, 2.05) is 28.8 Å². The van der Waals surface area contributed by atoms with Crippen LogP contribution in [0.2, 0.25) is 10.0 Å². The fourth-order valence-corrected chi connectivity index (χ4v) is 4.62. The number of rotatable bonds is 6. The number of esters is 1. The minimum atomic E-state index is -1.08. The van der Waals surface area contributed by atoms with Crippen LogP contribution >= 0.6 is 23.2 Å². The summed E-state index contributed by atoms with van der Waals surface area (Å²) in [5.41, 5.74) is 2.18. The van der Waals surface area contributed by atoms with Crippen LogP contribution in [0.1, 0.15) is 38.3 Å². The maximum atomic E-state index is 13.7. The number of amides is 1. The third-order valence-electron chi connectivity index (χ3n) is 5.50. The van der Waals surface area contributed by atoms with Gasteiger partial charge in [0.15, 0.2) is 5.92 Å². The first-order valence-electron chi connectivity index (χ1n) is 10.4. The predicted molar refractivity (Wildman–Crippen MR) is 122 cm³/mol. The second-order valence-electron chi connectivity index (χ2n) is 7.45. The third-order valence-corrected chi connectivity index (χ3v) is 6.06. The largest absolute Gasteiger partial charge is 0.465 e. The first-order valence-corrected chi connectivity index (χ1v) is 11.1. The van der Waals surface area contributed by atoms with Crippen LogP contribution in [0.25, 0.3) is 11.0 Å². The Hall–Kier alpha value is -2.57. The van der Waals surface area contributed by atoms with Gasteiger partial charge in [0.25, 0.3) is 0 Å². The second-order valence-corrected chi connectivity index (χ2v) is 8.30. The van der Waals surface area contributed by atoms with E-state index in [0.717, 1.165) is 23.9 Å². The minimum absolute atomic E-state index is 0.177. The molecule has 0 N–H and O–H groups in total. The van der Waals surface area contributed by atoms with Crippen LogP contribution in [0.3, 0.4) is 0 Å². The number of carbonyl (C=O) groups excluding carboxylic acids is 2. The van der Waals surface area contributed by atoms with Crippen LogP contribution in [0.5, 0.6) is 0 Å². The molecule has 2 unspecified atom stereocenters. The van der Waals surface area contributed by atoms with Gasteiger partial charge in [-0.05, 0) is 43.2 Å². The molecule has 0 radical (unpaired) electrons. The molecule has 0 spiro atoms. The number of hydrogen-bond donors (Lipinski definition) is 0. The number of hydrogen-bond acceptors (Lipinski definition) is 4. The van der Waals surface area contributed by atoms with Crippen molar-refractivity contribution in [1.82, 2.24) is 9.55 Å². The Morgan fingerprint density at radius 3 is 2.65 bits per heavy atom. The van der Waals surface area contributed by atoms with Gasteiger partial charge in [0.1, 0.15) is 0 Å². The van der Waals surface area contributed by atoms with Gasteiger partial charge in [-0.25, -0.2) is 4.98 Å². The summed E-state index contributed by atoms with van der Waals surface area (Å²) in [5, 5.41) is 0.856. The number of ether oxygens (including phenoxy) is 1. The van der Waals surface area contributed by atoms with Crippen LogP contribution in [0.4, 0.5) is 5.95 Å². The van der Waals surface area contributed by atoms with Crippen LogP contribution in [-0.4, -0.2) is 34.6 Å². The molecule has 1 aromatic heterocycles. The molecule has 0 aliphatic carbocycles. The number of anilines is 1. The van der Waals surface area contributed by atoms with Crippen molar-refractivity contribution in [3.63, 3.8) is 0 Å². The number of imidazole rings is 1. The lowest BCUT2D eigenvalue weighted by Gasteiger charge is -2.38. The number of carbonyl (C=O) groups is 2. The van der Waals surface area contributed by atoms with E-state index in [9.17, 15) is 9.59 Å². The average Bonchev–Trinajstić information content (AvgIpc) is 3.12. The smallest absolute Gasteiger partial charge is 0.321 e. The monoisotopic (exact) mass is 459 g/mol. The van der Waals surface area contributed by atoms with E-state index in [-0.39, 0.29) is 12.5 Å². The molecule has 1 amide bonds. The fourth-order valence-electron chi connectivity index (χ4n) is 4.10. The molecule has 8 heteroatoms. The van der Waals surface area contributed by atoms with Gasteiger partial charge in [-0.1, -0.05) is 54.7 Å². The number of aromatic nitrogens is 2. The van der Waals surface area contributed by atoms with Gasteiger partial charge in [-0.15, -0.1) is 0 Å². The van der Waals surface area contributed by atoms with Crippen molar-refractivity contribution in [3.05, 3.63) is 58.1 Å². The van der Waals surface area contributed by atoms with Crippen LogP contribution in [0.15, 0.2) is 42.5 Å². The molecule has 0 saturated heterocycles. The van der Waals surface area contributed by atoms with Gasteiger partial charge in [0.2, 0.25) is 11.9 Å². The Labute approximate surface area is 190 Å². The zero-order valence-corrected chi connectivity index (χ0v) is 18.9. The quantitative estimate of drug-likeness (QED) is 0.372. The van der Waals surface area contributed by atoms with Gasteiger partial charge in [-0.3, -0.25) is 14.5 Å². The second kappa shape index (κ2) is 8.89. The van der Waals surface area contributed by atoms with Gasteiger partial charge in [0, 0.05) is 16.6 Å². The van der Waals surface area contributed by atoms with E-state index in [1.54, 1.807) is 30.0 Å². The van der Waals surface area contributed by atoms with Crippen LogP contribution < -0.4 is 4.90 Å². The van der Waals surface area contributed by atoms with Gasteiger partial charge in [-0.2, -0.15) is 0 Å². The lowest BCUT2D eigenvalue weighted by Crippen LogP contribution is -2.50. The molecule has 1 aliphatic rings. The lowest BCUT2D eigenvalue weighted by atomic mass is 9.89. The fraction of sp³-hybridized carbons (Fsp3) is 0.348. The molecule has 0 bridgehead atoms. The van der Waals surface area contributed by atoms with Crippen molar-refractivity contribution in [3.8, 4) is 0 Å². The minimum Gasteiger partial charge on any atom is -0.465 e. The summed E-state index contributed by atoms with van der Waals surface area (Å²) in [6.07, 6.45) is 1.69. The molecule has 0 fully saturated rings. The predicted octanol–water partition coefficient (Wildman–Crippen LogP) is 5.26. The summed E-state index contributed by atoms with van der Waals surface area (Å²) in [6.45, 7) is 4.42. The maximum Gasteiger partial charge on any atom is 0.321 e. The van der Waals surface area contributed by atoms with E-state index in [2.05, 4.69) is 6.92 Å². The van der Waals surface area contributed by atoms with Crippen molar-refractivity contribution >= 4 is 52.1 Å². The number of para-hydroxylation sites is 2. The zero-order valence-electron chi connectivity index (χ0n) is 17.3. The Morgan fingerprint density at radius 2 is 1.94 bits per heavy atom. The van der Waals surface area contributed by atoms with Gasteiger partial charge < -0.3 is 9.30 Å². The van der Waals surface area contributed by atoms with Crippen molar-refractivity contribution < 1.29 is 14.3 Å². The van der Waals surface area contributed by atoms with Crippen LogP contribution in [-0.2, 0) is 14.3 Å². The summed E-state index contributed by atoms with van der Waals surface area (Å²) in [5.74, 6) is -1.48. The van der Waals surface area contributed by atoms with Crippen LogP contribution in [0, 0.1) is 5.92 Å². The molecule has 3 aromatic rings.